The van der Waals surface area contributed by atoms with Crippen LogP contribution in [-0.4, -0.2) is 45.4 Å². The molecule has 0 aliphatic rings. The zero-order valence-corrected chi connectivity index (χ0v) is 10.8. The fourth-order valence-corrected chi connectivity index (χ4v) is 1.58. The van der Waals surface area contributed by atoms with E-state index in [2.05, 4.69) is 19.2 Å². The van der Waals surface area contributed by atoms with Gasteiger partial charge in [0.05, 0.1) is 19.8 Å². The number of ether oxygens (including phenoxy) is 2. The number of halogens is 1. The third kappa shape index (κ3) is 10.5. The molecule has 0 amide bonds. The Labute approximate surface area is 98.5 Å². The van der Waals surface area contributed by atoms with Crippen LogP contribution in [-0.2, 0) is 9.47 Å². The second-order valence-electron chi connectivity index (χ2n) is 4.04. The van der Waals surface area contributed by atoms with Crippen LogP contribution in [0.2, 0.25) is 0 Å². The highest BCUT2D eigenvalue weighted by atomic mass is 35.5. The van der Waals surface area contributed by atoms with E-state index >= 15 is 0 Å². The molecule has 1 atom stereocenters. The lowest BCUT2D eigenvalue weighted by Gasteiger charge is -2.17. The highest BCUT2D eigenvalue weighted by Gasteiger charge is 2.07. The fraction of sp³-hybridized carbons (Fsp3) is 1.00. The summed E-state index contributed by atoms with van der Waals surface area (Å²) in [6.07, 6.45) is 1.11. The second kappa shape index (κ2) is 10.7. The van der Waals surface area contributed by atoms with Gasteiger partial charge in [0.2, 0.25) is 0 Å². The molecule has 0 radical (unpaired) electrons. The van der Waals surface area contributed by atoms with E-state index < -0.39 is 0 Å². The van der Waals surface area contributed by atoms with Gasteiger partial charge in [-0.3, -0.25) is 0 Å². The molecule has 0 aliphatic heterocycles. The fourth-order valence-electron chi connectivity index (χ4n) is 1.35. The molecule has 92 valence electrons. The van der Waals surface area contributed by atoms with Crippen LogP contribution in [0.1, 0.15) is 20.3 Å². The molecule has 0 aromatic heterocycles. The molecule has 0 aliphatic carbocycles. The summed E-state index contributed by atoms with van der Waals surface area (Å²) >= 11 is 5.85. The quantitative estimate of drug-likeness (QED) is 0.465. The zero-order valence-electron chi connectivity index (χ0n) is 10.1. The Morgan fingerprint density at radius 2 is 1.93 bits per heavy atom. The molecule has 0 fully saturated rings. The van der Waals surface area contributed by atoms with Gasteiger partial charge >= 0.3 is 0 Å². The second-order valence-corrected chi connectivity index (χ2v) is 4.35. The van der Waals surface area contributed by atoms with Crippen LogP contribution in [0.5, 0.6) is 0 Å². The van der Waals surface area contributed by atoms with Crippen LogP contribution in [0.15, 0.2) is 0 Å². The summed E-state index contributed by atoms with van der Waals surface area (Å²) in [6, 6.07) is 0.401. The molecule has 0 rings (SSSR count). The van der Waals surface area contributed by atoms with Crippen LogP contribution in [0.3, 0.4) is 0 Å². The Kier molecular flexibility index (Phi) is 10.8. The summed E-state index contributed by atoms with van der Waals surface area (Å²) in [4.78, 5) is 0. The molecule has 3 nitrogen and oxygen atoms in total. The first-order valence-electron chi connectivity index (χ1n) is 5.56. The van der Waals surface area contributed by atoms with E-state index in [1.807, 2.05) is 0 Å². The molecule has 0 spiro atoms. The molecule has 15 heavy (non-hydrogen) atoms. The average Bonchev–Trinajstić information content (AvgIpc) is 2.20. The monoisotopic (exact) mass is 237 g/mol. The lowest BCUT2D eigenvalue weighted by Crippen LogP contribution is -2.34. The van der Waals surface area contributed by atoms with Crippen LogP contribution in [0, 0.1) is 5.92 Å². The van der Waals surface area contributed by atoms with Gasteiger partial charge in [-0.15, -0.1) is 11.6 Å². The maximum absolute atomic E-state index is 5.85. The van der Waals surface area contributed by atoms with Gasteiger partial charge in [0.25, 0.3) is 0 Å². The van der Waals surface area contributed by atoms with Crippen LogP contribution >= 0.6 is 11.6 Å². The van der Waals surface area contributed by atoms with Gasteiger partial charge < -0.3 is 14.8 Å². The lowest BCUT2D eigenvalue weighted by molar-refractivity contribution is 0.0710. The van der Waals surface area contributed by atoms with Crippen LogP contribution in [0.4, 0.5) is 0 Å². The van der Waals surface area contributed by atoms with Gasteiger partial charge in [-0.2, -0.15) is 0 Å². The van der Waals surface area contributed by atoms with E-state index in [9.17, 15) is 0 Å². The van der Waals surface area contributed by atoms with Gasteiger partial charge in [0, 0.05) is 25.6 Å². The van der Waals surface area contributed by atoms with Crippen molar-refractivity contribution in [2.45, 2.75) is 26.3 Å². The summed E-state index contributed by atoms with van der Waals surface area (Å²) in [5.41, 5.74) is 0. The summed E-state index contributed by atoms with van der Waals surface area (Å²) in [7, 11) is 1.67. The van der Waals surface area contributed by atoms with Crippen molar-refractivity contribution in [3.05, 3.63) is 0 Å². The molecular formula is C11H24ClNO2. The van der Waals surface area contributed by atoms with Gasteiger partial charge in [-0.05, 0) is 12.3 Å². The number of hydrogen-bond donors (Lipinski definition) is 1. The minimum absolute atomic E-state index is 0.401. The van der Waals surface area contributed by atoms with Gasteiger partial charge in [0.1, 0.15) is 0 Å². The van der Waals surface area contributed by atoms with E-state index in [4.69, 9.17) is 21.1 Å². The molecule has 4 heteroatoms. The molecule has 1 unspecified atom stereocenters. The zero-order chi connectivity index (χ0) is 11.5. The number of rotatable bonds is 10. The molecule has 0 aromatic rings. The topological polar surface area (TPSA) is 30.5 Å². The van der Waals surface area contributed by atoms with Crippen molar-refractivity contribution in [2.24, 2.45) is 5.92 Å². The molecule has 0 heterocycles. The molecule has 0 bridgehead atoms. The standard InChI is InChI=1S/C11H24ClNO2/c1-10(2)8-11(9-12)13-4-5-15-7-6-14-3/h10-11,13H,4-9H2,1-3H3. The third-order valence-corrected chi connectivity index (χ3v) is 2.43. The maximum atomic E-state index is 5.85. The SMILES string of the molecule is COCCOCCNC(CCl)CC(C)C. The summed E-state index contributed by atoms with van der Waals surface area (Å²) in [5, 5.41) is 3.38. The van der Waals surface area contributed by atoms with Crippen molar-refractivity contribution in [1.82, 2.24) is 5.32 Å². The van der Waals surface area contributed by atoms with E-state index in [0.29, 0.717) is 31.1 Å². The maximum Gasteiger partial charge on any atom is 0.0700 e. The van der Waals surface area contributed by atoms with Crippen LogP contribution in [0.25, 0.3) is 0 Å². The van der Waals surface area contributed by atoms with Crippen LogP contribution < -0.4 is 5.32 Å². The van der Waals surface area contributed by atoms with Crippen molar-refractivity contribution >= 4 is 11.6 Å². The predicted octanol–water partition coefficient (Wildman–Crippen LogP) is 1.89. The molecule has 0 saturated heterocycles. The smallest absolute Gasteiger partial charge is 0.0700 e. The highest BCUT2D eigenvalue weighted by Crippen LogP contribution is 2.05. The van der Waals surface area contributed by atoms with Gasteiger partial charge in [-0.25, -0.2) is 0 Å². The number of methoxy groups -OCH3 is 1. The molecule has 0 saturated carbocycles. The Hall–Kier alpha value is 0.170. The number of alkyl halides is 1. The number of nitrogens with one attached hydrogen (secondary N) is 1. The van der Waals surface area contributed by atoms with Crippen molar-refractivity contribution in [3.8, 4) is 0 Å². The third-order valence-electron chi connectivity index (χ3n) is 2.05. The van der Waals surface area contributed by atoms with E-state index in [1.54, 1.807) is 7.11 Å². The Balaban J connectivity index is 3.30. The Bertz CT molecular complexity index is 134. The van der Waals surface area contributed by atoms with E-state index in [1.165, 1.54) is 0 Å². The largest absolute Gasteiger partial charge is 0.382 e. The summed E-state index contributed by atoms with van der Waals surface area (Å²) in [6.45, 7) is 7.30. The average molecular weight is 238 g/mol. The normalized spacial score (nSPS) is 13.4. The molecular weight excluding hydrogens is 214 g/mol. The first-order chi connectivity index (χ1) is 7.20. The minimum Gasteiger partial charge on any atom is -0.382 e. The van der Waals surface area contributed by atoms with Gasteiger partial charge in [0.15, 0.2) is 0 Å². The van der Waals surface area contributed by atoms with Gasteiger partial charge in [-0.1, -0.05) is 13.8 Å². The Morgan fingerprint density at radius 1 is 1.20 bits per heavy atom. The number of hydrogen-bond acceptors (Lipinski definition) is 3. The first-order valence-corrected chi connectivity index (χ1v) is 6.10. The summed E-state index contributed by atoms with van der Waals surface area (Å²) < 4.78 is 10.2. The van der Waals surface area contributed by atoms with E-state index in [0.717, 1.165) is 19.6 Å². The molecule has 0 aromatic carbocycles. The van der Waals surface area contributed by atoms with Crippen molar-refractivity contribution in [3.63, 3.8) is 0 Å². The van der Waals surface area contributed by atoms with Crippen molar-refractivity contribution < 1.29 is 9.47 Å². The minimum atomic E-state index is 0.401. The lowest BCUT2D eigenvalue weighted by atomic mass is 10.1. The Morgan fingerprint density at radius 3 is 2.47 bits per heavy atom. The predicted molar refractivity (Wildman–Crippen MR) is 64.7 cm³/mol. The van der Waals surface area contributed by atoms with Crippen molar-refractivity contribution in [1.29, 1.82) is 0 Å². The highest BCUT2D eigenvalue weighted by molar-refractivity contribution is 6.18. The van der Waals surface area contributed by atoms with E-state index in [-0.39, 0.29) is 0 Å². The molecule has 1 N–H and O–H groups in total. The van der Waals surface area contributed by atoms with Crippen molar-refractivity contribution in [2.75, 3.05) is 39.4 Å². The first kappa shape index (κ1) is 15.2. The summed E-state index contributed by atoms with van der Waals surface area (Å²) in [5.74, 6) is 1.34.